The van der Waals surface area contributed by atoms with E-state index in [-0.39, 0.29) is 5.56 Å². The third kappa shape index (κ3) is 3.25. The summed E-state index contributed by atoms with van der Waals surface area (Å²) < 4.78 is 16.1. The zero-order chi connectivity index (χ0) is 16.4. The molecule has 1 aromatic heterocycles. The maximum Gasteiger partial charge on any atom is 0.279 e. The van der Waals surface area contributed by atoms with Gasteiger partial charge in [0.15, 0.2) is 4.80 Å². The third-order valence-corrected chi connectivity index (χ3v) is 4.50. The molecule has 3 nitrogen and oxygen atoms in total. The molecule has 0 spiro atoms. The van der Waals surface area contributed by atoms with Crippen molar-refractivity contribution in [2.75, 3.05) is 0 Å². The third-order valence-electron chi connectivity index (χ3n) is 3.23. The average molecular weight is 347 g/mol. The second-order valence-corrected chi connectivity index (χ2v) is 6.27. The zero-order valence-electron chi connectivity index (χ0n) is 12.0. The van der Waals surface area contributed by atoms with Crippen LogP contribution >= 0.6 is 22.9 Å². The van der Waals surface area contributed by atoms with Crippen molar-refractivity contribution in [1.29, 1.82) is 0 Å². The summed E-state index contributed by atoms with van der Waals surface area (Å²) in [6.45, 7) is 4.24. The topological polar surface area (TPSA) is 34.4 Å². The van der Waals surface area contributed by atoms with E-state index in [0.717, 1.165) is 10.2 Å². The van der Waals surface area contributed by atoms with Crippen LogP contribution in [-0.4, -0.2) is 10.5 Å². The lowest BCUT2D eigenvalue weighted by Crippen LogP contribution is -2.16. The molecule has 3 rings (SSSR count). The number of halogens is 2. The van der Waals surface area contributed by atoms with Crippen LogP contribution in [0.3, 0.4) is 0 Å². The number of carbonyl (C=O) groups is 1. The number of rotatable bonds is 3. The minimum Gasteiger partial charge on any atom is -0.312 e. The van der Waals surface area contributed by atoms with Gasteiger partial charge in [-0.05, 0) is 36.4 Å². The van der Waals surface area contributed by atoms with E-state index in [1.54, 1.807) is 12.1 Å². The van der Waals surface area contributed by atoms with Crippen LogP contribution in [0.25, 0.3) is 10.2 Å². The molecule has 0 radical (unpaired) electrons. The molecular weight excluding hydrogens is 335 g/mol. The Morgan fingerprint density at radius 2 is 2.17 bits per heavy atom. The molecular formula is C17H12ClFN2OS. The molecule has 2 aromatic carbocycles. The van der Waals surface area contributed by atoms with Crippen molar-refractivity contribution in [3.05, 3.63) is 76.3 Å². The Morgan fingerprint density at radius 1 is 1.35 bits per heavy atom. The largest absolute Gasteiger partial charge is 0.312 e. The second kappa shape index (κ2) is 6.48. The highest BCUT2D eigenvalue weighted by Crippen LogP contribution is 2.22. The van der Waals surface area contributed by atoms with Gasteiger partial charge in [-0.1, -0.05) is 35.1 Å². The number of thiazole rings is 1. The number of carbonyl (C=O) groups excluding carboxylic acids is 1. The van der Waals surface area contributed by atoms with E-state index < -0.39 is 11.7 Å². The van der Waals surface area contributed by atoms with Crippen LogP contribution in [0.5, 0.6) is 0 Å². The molecule has 116 valence electrons. The Balaban J connectivity index is 2.16. The molecule has 0 saturated carbocycles. The van der Waals surface area contributed by atoms with Crippen LogP contribution in [-0.2, 0) is 6.54 Å². The Bertz CT molecular complexity index is 974. The minimum atomic E-state index is -0.486. The van der Waals surface area contributed by atoms with Gasteiger partial charge in [-0.3, -0.25) is 4.79 Å². The number of hydrogen-bond donors (Lipinski definition) is 0. The summed E-state index contributed by atoms with van der Waals surface area (Å²) in [6, 6.07) is 11.0. The Morgan fingerprint density at radius 3 is 2.91 bits per heavy atom. The minimum absolute atomic E-state index is 0.214. The van der Waals surface area contributed by atoms with Crippen molar-refractivity contribution < 1.29 is 9.18 Å². The number of aromatic nitrogens is 1. The van der Waals surface area contributed by atoms with E-state index >= 15 is 0 Å². The molecule has 0 saturated heterocycles. The Labute approximate surface area is 141 Å². The number of nitrogens with zero attached hydrogens (tertiary/aromatic N) is 2. The van der Waals surface area contributed by atoms with Crippen LogP contribution < -0.4 is 4.80 Å². The number of hydrogen-bond acceptors (Lipinski definition) is 2. The van der Waals surface area contributed by atoms with E-state index in [1.807, 2.05) is 16.7 Å². The van der Waals surface area contributed by atoms with Gasteiger partial charge in [0.25, 0.3) is 5.91 Å². The number of amides is 1. The summed E-state index contributed by atoms with van der Waals surface area (Å²) in [5.41, 5.74) is 1.13. The fourth-order valence-electron chi connectivity index (χ4n) is 2.21. The van der Waals surface area contributed by atoms with Gasteiger partial charge < -0.3 is 4.57 Å². The summed E-state index contributed by atoms with van der Waals surface area (Å²) in [5.74, 6) is -0.951. The van der Waals surface area contributed by atoms with Gasteiger partial charge in [0.1, 0.15) is 5.82 Å². The standard InChI is InChI=1S/C17H12ClFN2OS/c1-2-8-21-14-7-6-12(18)10-15(14)23-17(21)20-16(22)11-4-3-5-13(19)9-11/h2-7,9-10H,1,8H2. The fraction of sp³-hybridized carbons (Fsp3) is 0.0588. The molecule has 0 aliphatic rings. The Hall–Kier alpha value is -2.24. The van der Waals surface area contributed by atoms with Gasteiger partial charge in [0, 0.05) is 17.1 Å². The van der Waals surface area contributed by atoms with Gasteiger partial charge in [-0.25, -0.2) is 4.39 Å². The van der Waals surface area contributed by atoms with Gasteiger partial charge in [0.05, 0.1) is 10.2 Å². The molecule has 1 heterocycles. The lowest BCUT2D eigenvalue weighted by atomic mass is 10.2. The first-order valence-electron chi connectivity index (χ1n) is 6.83. The highest BCUT2D eigenvalue weighted by molar-refractivity contribution is 7.16. The predicted molar refractivity (Wildman–Crippen MR) is 91.3 cm³/mol. The molecule has 6 heteroatoms. The normalized spacial score (nSPS) is 11.8. The first-order valence-corrected chi connectivity index (χ1v) is 8.02. The smallest absolute Gasteiger partial charge is 0.279 e. The molecule has 1 amide bonds. The number of benzene rings is 2. The Kier molecular flexibility index (Phi) is 4.41. The predicted octanol–water partition coefficient (Wildman–Crippen LogP) is 4.42. The quantitative estimate of drug-likeness (QED) is 0.646. The summed E-state index contributed by atoms with van der Waals surface area (Å²) in [6.07, 6.45) is 1.73. The van der Waals surface area contributed by atoms with E-state index in [0.29, 0.717) is 16.4 Å². The van der Waals surface area contributed by atoms with Crippen LogP contribution in [0.4, 0.5) is 4.39 Å². The van der Waals surface area contributed by atoms with Gasteiger partial charge in [0.2, 0.25) is 0 Å². The molecule has 0 unspecified atom stereocenters. The highest BCUT2D eigenvalue weighted by atomic mass is 35.5. The number of allylic oxidation sites excluding steroid dienone is 1. The van der Waals surface area contributed by atoms with Crippen molar-refractivity contribution >= 4 is 39.1 Å². The van der Waals surface area contributed by atoms with Crippen LogP contribution in [0.1, 0.15) is 10.4 Å². The lowest BCUT2D eigenvalue weighted by molar-refractivity contribution is 0.0997. The van der Waals surface area contributed by atoms with Crippen molar-refractivity contribution in [2.24, 2.45) is 4.99 Å². The summed E-state index contributed by atoms with van der Waals surface area (Å²) in [5, 5.41) is 0.618. The van der Waals surface area contributed by atoms with E-state index in [2.05, 4.69) is 11.6 Å². The highest BCUT2D eigenvalue weighted by Gasteiger charge is 2.09. The van der Waals surface area contributed by atoms with Crippen molar-refractivity contribution in [1.82, 2.24) is 4.57 Å². The van der Waals surface area contributed by atoms with Crippen LogP contribution in [0.15, 0.2) is 60.1 Å². The second-order valence-electron chi connectivity index (χ2n) is 4.82. The molecule has 0 atom stereocenters. The van der Waals surface area contributed by atoms with Gasteiger partial charge >= 0.3 is 0 Å². The van der Waals surface area contributed by atoms with E-state index in [9.17, 15) is 9.18 Å². The zero-order valence-corrected chi connectivity index (χ0v) is 13.6. The van der Waals surface area contributed by atoms with Crippen molar-refractivity contribution in [3.63, 3.8) is 0 Å². The maximum atomic E-state index is 13.3. The molecule has 0 N–H and O–H groups in total. The SMILES string of the molecule is C=CCn1c(=NC(=O)c2cccc(F)c2)sc2cc(Cl)ccc21. The van der Waals surface area contributed by atoms with Crippen LogP contribution in [0.2, 0.25) is 5.02 Å². The fourth-order valence-corrected chi connectivity index (χ4v) is 3.52. The lowest BCUT2D eigenvalue weighted by Gasteiger charge is -2.01. The van der Waals surface area contributed by atoms with E-state index in [4.69, 9.17) is 11.6 Å². The molecule has 0 bridgehead atoms. The van der Waals surface area contributed by atoms with E-state index in [1.165, 1.54) is 35.6 Å². The molecule has 0 fully saturated rings. The monoisotopic (exact) mass is 346 g/mol. The molecule has 23 heavy (non-hydrogen) atoms. The van der Waals surface area contributed by atoms with Crippen LogP contribution in [0, 0.1) is 5.82 Å². The molecule has 3 aromatic rings. The van der Waals surface area contributed by atoms with Gasteiger partial charge in [-0.15, -0.1) is 6.58 Å². The molecule has 0 aliphatic carbocycles. The average Bonchev–Trinajstić information content (AvgIpc) is 2.84. The number of fused-ring (bicyclic) bond motifs is 1. The molecule has 0 aliphatic heterocycles. The van der Waals surface area contributed by atoms with Crippen molar-refractivity contribution in [3.8, 4) is 0 Å². The summed E-state index contributed by atoms with van der Waals surface area (Å²) >= 11 is 7.37. The summed E-state index contributed by atoms with van der Waals surface area (Å²) in [7, 11) is 0. The first kappa shape index (κ1) is 15.6. The summed E-state index contributed by atoms with van der Waals surface area (Å²) in [4.78, 5) is 16.9. The van der Waals surface area contributed by atoms with Gasteiger partial charge in [-0.2, -0.15) is 4.99 Å². The maximum absolute atomic E-state index is 13.3. The first-order chi connectivity index (χ1) is 11.1. The van der Waals surface area contributed by atoms with Crippen molar-refractivity contribution in [2.45, 2.75) is 6.54 Å².